The first-order valence-electron chi connectivity index (χ1n) is 7.95. The van der Waals surface area contributed by atoms with Gasteiger partial charge in [-0.3, -0.25) is 0 Å². The fourth-order valence-corrected chi connectivity index (χ4v) is 4.73. The summed E-state index contributed by atoms with van der Waals surface area (Å²) >= 11 is 0. The zero-order valence-electron chi connectivity index (χ0n) is 13.0. The third-order valence-electron chi connectivity index (χ3n) is 4.14. The van der Waals surface area contributed by atoms with Crippen LogP contribution in [0.25, 0.3) is 0 Å². The Morgan fingerprint density at radius 3 is 2.48 bits per heavy atom. The molecule has 118 valence electrons. The van der Waals surface area contributed by atoms with Gasteiger partial charge in [-0.15, -0.1) is 0 Å². The topological polar surface area (TPSA) is 49.4 Å². The van der Waals surface area contributed by atoms with Crippen LogP contribution in [-0.4, -0.2) is 31.9 Å². The Labute approximate surface area is 128 Å². The van der Waals surface area contributed by atoms with Crippen molar-refractivity contribution in [3.8, 4) is 0 Å². The number of hydrogen-bond acceptors (Lipinski definition) is 3. The highest BCUT2D eigenvalue weighted by atomic mass is 32.2. The Kier molecular flexibility index (Phi) is 5.65. The van der Waals surface area contributed by atoms with Crippen LogP contribution >= 0.6 is 0 Å². The van der Waals surface area contributed by atoms with E-state index in [0.717, 1.165) is 44.3 Å². The number of sulfonamides is 1. The minimum atomic E-state index is -3.37. The summed E-state index contributed by atoms with van der Waals surface area (Å²) < 4.78 is 27.5. The van der Waals surface area contributed by atoms with Crippen molar-refractivity contribution in [1.29, 1.82) is 0 Å². The van der Waals surface area contributed by atoms with E-state index in [4.69, 9.17) is 0 Å². The van der Waals surface area contributed by atoms with Crippen LogP contribution < -0.4 is 5.32 Å². The van der Waals surface area contributed by atoms with Gasteiger partial charge in [-0.05, 0) is 50.5 Å². The minimum Gasteiger partial charge on any atom is -0.385 e. The Bertz CT molecular complexity index is 540. The molecule has 0 aliphatic carbocycles. The van der Waals surface area contributed by atoms with Crippen LogP contribution in [0.2, 0.25) is 0 Å². The van der Waals surface area contributed by atoms with Gasteiger partial charge >= 0.3 is 0 Å². The molecule has 1 heterocycles. The van der Waals surface area contributed by atoms with Crippen molar-refractivity contribution in [3.63, 3.8) is 0 Å². The van der Waals surface area contributed by atoms with Crippen molar-refractivity contribution in [1.82, 2.24) is 4.31 Å². The lowest BCUT2D eigenvalue weighted by Crippen LogP contribution is -2.39. The summed E-state index contributed by atoms with van der Waals surface area (Å²) in [5.41, 5.74) is 0.958. The summed E-state index contributed by atoms with van der Waals surface area (Å²) in [6.07, 6.45) is 5.08. The van der Waals surface area contributed by atoms with E-state index in [0.29, 0.717) is 11.4 Å². The molecule has 0 spiro atoms. The number of hydrogen-bond donors (Lipinski definition) is 1. The van der Waals surface area contributed by atoms with Gasteiger partial charge in [0.15, 0.2) is 0 Å². The molecular weight excluding hydrogens is 284 g/mol. The second kappa shape index (κ2) is 7.27. The molecule has 4 nitrogen and oxygen atoms in total. The molecule has 2 rings (SSSR count). The van der Waals surface area contributed by atoms with Crippen molar-refractivity contribution in [2.45, 2.75) is 56.9 Å². The van der Waals surface area contributed by atoms with Gasteiger partial charge in [-0.1, -0.05) is 19.8 Å². The summed E-state index contributed by atoms with van der Waals surface area (Å²) in [6, 6.07) is 7.26. The summed E-state index contributed by atoms with van der Waals surface area (Å²) in [5.74, 6) is 0. The van der Waals surface area contributed by atoms with Gasteiger partial charge in [0.1, 0.15) is 0 Å². The standard InChI is InChI=1S/C16H26N2O2S/c1-3-15-8-6-5-7-13-18(15)21(19,20)16-11-9-14(10-12-16)17-4-2/h9-12,15,17H,3-8,13H2,1-2H3. The molecule has 21 heavy (non-hydrogen) atoms. The van der Waals surface area contributed by atoms with Gasteiger partial charge in [0.25, 0.3) is 0 Å². The quantitative estimate of drug-likeness (QED) is 0.906. The van der Waals surface area contributed by atoms with E-state index in [9.17, 15) is 8.42 Å². The highest BCUT2D eigenvalue weighted by Crippen LogP contribution is 2.27. The summed E-state index contributed by atoms with van der Waals surface area (Å²) in [4.78, 5) is 0.407. The molecule has 1 unspecified atom stereocenters. The second-order valence-corrected chi connectivity index (χ2v) is 7.47. The third-order valence-corrected chi connectivity index (χ3v) is 6.10. The Morgan fingerprint density at radius 2 is 1.86 bits per heavy atom. The van der Waals surface area contributed by atoms with E-state index >= 15 is 0 Å². The van der Waals surface area contributed by atoms with Crippen molar-refractivity contribution in [2.24, 2.45) is 0 Å². The molecule has 1 N–H and O–H groups in total. The molecule has 1 atom stereocenters. The van der Waals surface area contributed by atoms with Gasteiger partial charge < -0.3 is 5.32 Å². The minimum absolute atomic E-state index is 0.144. The summed E-state index contributed by atoms with van der Waals surface area (Å²) in [6.45, 7) is 5.58. The molecule has 1 aromatic carbocycles. The zero-order chi connectivity index (χ0) is 15.3. The van der Waals surface area contributed by atoms with Gasteiger partial charge in [0.2, 0.25) is 10.0 Å². The largest absolute Gasteiger partial charge is 0.385 e. The van der Waals surface area contributed by atoms with Gasteiger partial charge in [-0.2, -0.15) is 4.31 Å². The number of nitrogens with one attached hydrogen (secondary N) is 1. The van der Waals surface area contributed by atoms with E-state index in [1.54, 1.807) is 16.4 Å². The van der Waals surface area contributed by atoms with Crippen LogP contribution in [0.4, 0.5) is 5.69 Å². The first-order chi connectivity index (χ1) is 10.1. The predicted octanol–water partition coefficient (Wildman–Crippen LogP) is 3.46. The smallest absolute Gasteiger partial charge is 0.243 e. The highest BCUT2D eigenvalue weighted by Gasteiger charge is 2.31. The predicted molar refractivity (Wildman–Crippen MR) is 87.0 cm³/mol. The van der Waals surface area contributed by atoms with Crippen LogP contribution in [0.5, 0.6) is 0 Å². The molecule has 1 aromatic rings. The molecule has 1 saturated heterocycles. The average molecular weight is 310 g/mol. The van der Waals surface area contributed by atoms with E-state index in [1.165, 1.54) is 0 Å². The van der Waals surface area contributed by atoms with E-state index < -0.39 is 10.0 Å². The lowest BCUT2D eigenvalue weighted by Gasteiger charge is -2.28. The van der Waals surface area contributed by atoms with Gasteiger partial charge in [0.05, 0.1) is 4.90 Å². The molecule has 0 bridgehead atoms. The number of benzene rings is 1. The van der Waals surface area contributed by atoms with Crippen LogP contribution in [0, 0.1) is 0 Å². The molecule has 0 amide bonds. The van der Waals surface area contributed by atoms with E-state index in [2.05, 4.69) is 12.2 Å². The van der Waals surface area contributed by atoms with Crippen molar-refractivity contribution in [3.05, 3.63) is 24.3 Å². The molecule has 1 fully saturated rings. The molecule has 1 aliphatic heterocycles. The van der Waals surface area contributed by atoms with Crippen LogP contribution in [-0.2, 0) is 10.0 Å². The lowest BCUT2D eigenvalue weighted by atomic mass is 10.1. The normalized spacial score (nSPS) is 21.0. The fourth-order valence-electron chi connectivity index (χ4n) is 2.96. The third kappa shape index (κ3) is 3.77. The van der Waals surface area contributed by atoms with Crippen LogP contribution in [0.1, 0.15) is 46.0 Å². The second-order valence-electron chi connectivity index (χ2n) is 5.58. The molecule has 0 radical (unpaired) electrons. The zero-order valence-corrected chi connectivity index (χ0v) is 13.8. The van der Waals surface area contributed by atoms with E-state index in [-0.39, 0.29) is 6.04 Å². The van der Waals surface area contributed by atoms with E-state index in [1.807, 2.05) is 19.1 Å². The SMILES string of the molecule is CCNc1ccc(S(=O)(=O)N2CCCCCC2CC)cc1. The molecule has 0 aromatic heterocycles. The average Bonchev–Trinajstić information content (AvgIpc) is 2.73. The van der Waals surface area contributed by atoms with Crippen molar-refractivity contribution in [2.75, 3.05) is 18.4 Å². The molecule has 5 heteroatoms. The first-order valence-corrected chi connectivity index (χ1v) is 9.39. The maximum absolute atomic E-state index is 12.9. The number of rotatable bonds is 5. The lowest BCUT2D eigenvalue weighted by molar-refractivity contribution is 0.315. The Morgan fingerprint density at radius 1 is 1.14 bits per heavy atom. The number of anilines is 1. The Balaban J connectivity index is 2.26. The van der Waals surface area contributed by atoms with Crippen LogP contribution in [0.15, 0.2) is 29.2 Å². The maximum atomic E-state index is 12.9. The maximum Gasteiger partial charge on any atom is 0.243 e. The molecular formula is C16H26N2O2S. The fraction of sp³-hybridized carbons (Fsp3) is 0.625. The van der Waals surface area contributed by atoms with Crippen molar-refractivity contribution >= 4 is 15.7 Å². The van der Waals surface area contributed by atoms with Gasteiger partial charge in [0, 0.05) is 24.8 Å². The Hall–Kier alpha value is -1.07. The molecule has 1 aliphatic rings. The van der Waals surface area contributed by atoms with Crippen LogP contribution in [0.3, 0.4) is 0 Å². The van der Waals surface area contributed by atoms with Crippen molar-refractivity contribution < 1.29 is 8.42 Å². The summed E-state index contributed by atoms with van der Waals surface area (Å²) in [7, 11) is -3.37. The number of nitrogens with zero attached hydrogens (tertiary/aromatic N) is 1. The van der Waals surface area contributed by atoms with Gasteiger partial charge in [-0.25, -0.2) is 8.42 Å². The first kappa shape index (κ1) is 16.3. The molecule has 0 saturated carbocycles. The summed E-state index contributed by atoms with van der Waals surface area (Å²) in [5, 5.41) is 3.19. The monoisotopic (exact) mass is 310 g/mol. The highest BCUT2D eigenvalue weighted by molar-refractivity contribution is 7.89.